The molecule has 0 fully saturated rings. The molecule has 0 aliphatic heterocycles. The Balaban J connectivity index is 2.59. The summed E-state index contributed by atoms with van der Waals surface area (Å²) in [5.41, 5.74) is 6.57. The van der Waals surface area contributed by atoms with Crippen LogP contribution in [-0.4, -0.2) is 10.3 Å². The van der Waals surface area contributed by atoms with Crippen LogP contribution in [0.4, 0.5) is 5.69 Å². The van der Waals surface area contributed by atoms with Gasteiger partial charge in [0.05, 0.1) is 5.69 Å². The van der Waals surface area contributed by atoms with Crippen LogP contribution >= 0.6 is 12.2 Å². The Morgan fingerprint density at radius 2 is 2.43 bits per heavy atom. The maximum absolute atomic E-state index is 11.0. The number of anilines is 1. The Hall–Kier alpha value is -1.89. The van der Waals surface area contributed by atoms with Crippen LogP contribution in [0, 0.1) is 5.21 Å². The Bertz CT molecular complexity index is 495. The minimum Gasteiger partial charge on any atom is -0.376 e. The predicted octanol–water partition coefficient (Wildman–Crippen LogP) is 0.117. The van der Waals surface area contributed by atoms with E-state index in [0.29, 0.717) is 21.6 Å². The Morgan fingerprint density at radius 3 is 3.14 bits per heavy atom. The highest BCUT2D eigenvalue weighted by atomic mass is 32.1. The zero-order valence-corrected chi connectivity index (χ0v) is 7.75. The highest BCUT2D eigenvalue weighted by molar-refractivity contribution is 7.80. The van der Waals surface area contributed by atoms with Gasteiger partial charge in [-0.05, 0) is 29.3 Å². The molecule has 14 heavy (non-hydrogen) atoms. The third-order valence-corrected chi connectivity index (χ3v) is 1.78. The van der Waals surface area contributed by atoms with Crippen LogP contribution < -0.4 is 16.0 Å². The van der Waals surface area contributed by atoms with Crippen LogP contribution in [0.3, 0.4) is 0 Å². The molecule has 1 aromatic carbocycles. The lowest BCUT2D eigenvalue weighted by atomic mass is 10.2. The molecule has 1 heterocycles. The molecule has 0 atom stereocenters. The third kappa shape index (κ3) is 1.33. The number of nitrogens with two attached hydrogens (primary N) is 1. The van der Waals surface area contributed by atoms with Crippen LogP contribution in [0.5, 0.6) is 0 Å². The van der Waals surface area contributed by atoms with E-state index in [9.17, 15) is 5.21 Å². The fourth-order valence-corrected chi connectivity index (χ4v) is 1.24. The Labute approximate surface area is 83.8 Å². The summed E-state index contributed by atoms with van der Waals surface area (Å²) in [5.74, 6) is 0. The van der Waals surface area contributed by atoms with Gasteiger partial charge in [-0.2, -0.15) is 0 Å². The summed E-state index contributed by atoms with van der Waals surface area (Å²) in [6, 6.07) is 4.96. The number of nitrogens with one attached hydrogen (secondary N) is 1. The van der Waals surface area contributed by atoms with Crippen LogP contribution in [0.25, 0.3) is 11.0 Å². The van der Waals surface area contributed by atoms with Gasteiger partial charge in [0.1, 0.15) is 0 Å². The Kier molecular flexibility index (Phi) is 1.93. The first kappa shape index (κ1) is 8.70. The fourth-order valence-electron chi connectivity index (χ4n) is 1.13. The lowest BCUT2D eigenvalue weighted by Gasteiger charge is -1.99. The van der Waals surface area contributed by atoms with Crippen molar-refractivity contribution in [2.75, 3.05) is 5.32 Å². The maximum Gasteiger partial charge on any atom is 0.271 e. The van der Waals surface area contributed by atoms with Gasteiger partial charge in [0, 0.05) is 5.16 Å². The second kappa shape index (κ2) is 3.11. The molecule has 0 saturated carbocycles. The molecule has 1 aromatic heterocycles. The van der Waals surface area contributed by atoms with E-state index in [1.165, 1.54) is 0 Å². The minimum atomic E-state index is 0.109. The fraction of sp³-hybridized carbons (Fsp3) is 0. The number of hydrogen-bond acceptors (Lipinski definition) is 4. The topological polar surface area (TPSA) is 91.0 Å². The van der Waals surface area contributed by atoms with Crippen molar-refractivity contribution in [1.82, 2.24) is 5.16 Å². The van der Waals surface area contributed by atoms with Crippen molar-refractivity contribution in [3.05, 3.63) is 23.4 Å². The van der Waals surface area contributed by atoms with Crippen LogP contribution in [0.1, 0.15) is 0 Å². The summed E-state index contributed by atoms with van der Waals surface area (Å²) in [5, 5.41) is 17.4. The molecule has 0 spiro atoms. The zero-order valence-electron chi connectivity index (χ0n) is 6.93. The molecule has 0 bridgehead atoms. The minimum absolute atomic E-state index is 0.109. The number of thiocarbonyl (C=S) groups is 1. The highest BCUT2D eigenvalue weighted by Crippen LogP contribution is 2.18. The van der Waals surface area contributed by atoms with Gasteiger partial charge in [-0.25, -0.2) is 0 Å². The van der Waals surface area contributed by atoms with Gasteiger partial charge >= 0.3 is 0 Å². The molecule has 0 unspecified atom stereocenters. The summed E-state index contributed by atoms with van der Waals surface area (Å²) < 4.78 is 4.42. The Morgan fingerprint density at radius 1 is 1.64 bits per heavy atom. The second-order valence-electron chi connectivity index (χ2n) is 2.59. The van der Waals surface area contributed by atoms with Gasteiger partial charge < -0.3 is 16.3 Å². The number of fused-ring (bicyclic) bond motifs is 1. The monoisotopic (exact) mass is 210 g/mol. The number of rotatable bonds is 1. The zero-order chi connectivity index (χ0) is 10.1. The second-order valence-corrected chi connectivity index (χ2v) is 3.03. The van der Waals surface area contributed by atoms with Gasteiger partial charge in [-0.1, -0.05) is 6.07 Å². The standard InChI is InChI=1S/C7H6N4O2S/c8-7(14)9-4-2-1-3-5-6(4)10-13-11(5)12/h1-3H,(H3,8,9,14). The van der Waals surface area contributed by atoms with Gasteiger partial charge in [0.25, 0.3) is 5.52 Å². The molecule has 6 nitrogen and oxygen atoms in total. The van der Waals surface area contributed by atoms with Crippen molar-refractivity contribution in [2.45, 2.75) is 0 Å². The van der Waals surface area contributed by atoms with E-state index in [1.54, 1.807) is 18.2 Å². The average molecular weight is 210 g/mol. The normalized spacial score (nSPS) is 10.3. The van der Waals surface area contributed by atoms with Crippen LogP contribution in [-0.2, 0) is 0 Å². The van der Waals surface area contributed by atoms with Crippen molar-refractivity contribution < 1.29 is 9.53 Å². The summed E-state index contributed by atoms with van der Waals surface area (Å²) in [7, 11) is 0. The van der Waals surface area contributed by atoms with E-state index >= 15 is 0 Å². The van der Waals surface area contributed by atoms with E-state index in [0.717, 1.165) is 0 Å². The molecule has 3 N–H and O–H groups in total. The van der Waals surface area contributed by atoms with Gasteiger partial charge in [-0.3, -0.25) is 4.63 Å². The van der Waals surface area contributed by atoms with Gasteiger partial charge in [0.2, 0.25) is 5.52 Å². The number of benzene rings is 1. The van der Waals surface area contributed by atoms with Crippen molar-refractivity contribution in [3.8, 4) is 0 Å². The molecule has 0 aliphatic rings. The van der Waals surface area contributed by atoms with E-state index in [-0.39, 0.29) is 5.11 Å². The van der Waals surface area contributed by atoms with Crippen molar-refractivity contribution in [1.29, 1.82) is 0 Å². The van der Waals surface area contributed by atoms with Crippen molar-refractivity contribution in [3.63, 3.8) is 0 Å². The number of hydrogen-bond donors (Lipinski definition) is 2. The molecular formula is C7H6N4O2S. The lowest BCUT2D eigenvalue weighted by Crippen LogP contribution is -2.23. The van der Waals surface area contributed by atoms with Gasteiger partial charge in [0.15, 0.2) is 5.11 Å². The quantitative estimate of drug-likeness (QED) is 0.513. The lowest BCUT2D eigenvalue weighted by molar-refractivity contribution is -0.782. The van der Waals surface area contributed by atoms with E-state index < -0.39 is 0 Å². The summed E-state index contributed by atoms with van der Waals surface area (Å²) in [6.45, 7) is 0. The molecule has 0 aliphatic carbocycles. The average Bonchev–Trinajstić information content (AvgIpc) is 2.49. The first-order valence-corrected chi connectivity index (χ1v) is 4.14. The molecular weight excluding hydrogens is 204 g/mol. The molecule has 0 radical (unpaired) electrons. The molecule has 2 rings (SSSR count). The predicted molar refractivity (Wildman–Crippen MR) is 53.4 cm³/mol. The summed E-state index contributed by atoms with van der Waals surface area (Å²) >= 11 is 4.67. The van der Waals surface area contributed by atoms with Crippen LogP contribution in [0.2, 0.25) is 0 Å². The number of nitrogens with zero attached hydrogens (tertiary/aromatic N) is 2. The summed E-state index contributed by atoms with van der Waals surface area (Å²) in [4.78, 5) is 0.320. The molecule has 0 amide bonds. The third-order valence-electron chi connectivity index (χ3n) is 1.68. The molecule has 0 saturated heterocycles. The van der Waals surface area contributed by atoms with Crippen LogP contribution in [0.15, 0.2) is 22.8 Å². The molecule has 72 valence electrons. The van der Waals surface area contributed by atoms with E-state index in [4.69, 9.17) is 5.73 Å². The first-order valence-electron chi connectivity index (χ1n) is 3.73. The van der Waals surface area contributed by atoms with Crippen molar-refractivity contribution in [2.24, 2.45) is 5.73 Å². The largest absolute Gasteiger partial charge is 0.376 e. The van der Waals surface area contributed by atoms with E-state index in [1.807, 2.05) is 0 Å². The number of aromatic nitrogens is 2. The molecule has 7 heteroatoms. The smallest absolute Gasteiger partial charge is 0.271 e. The SMILES string of the molecule is NC(=S)Nc1cccc2c1no[n+]2[O-]. The van der Waals surface area contributed by atoms with Gasteiger partial charge in [-0.15, -0.1) is 0 Å². The molecule has 2 aromatic rings. The summed E-state index contributed by atoms with van der Waals surface area (Å²) in [6.07, 6.45) is 0. The van der Waals surface area contributed by atoms with Crippen molar-refractivity contribution >= 4 is 34.1 Å². The highest BCUT2D eigenvalue weighted by Gasteiger charge is 2.13. The first-order chi connectivity index (χ1) is 6.68. The maximum atomic E-state index is 11.0. The van der Waals surface area contributed by atoms with E-state index in [2.05, 4.69) is 27.3 Å².